The standard InChI is InChI=1S/C50H52FN11O6/c1-31(3-16-43(64)56-30-63)61-27-36-23-38(13-14-40(36)50(61)67)59-21-19-58(20-22-59)26-33-6-10-35(11-7-33)49(66)60-18-17-39(28-60)62-47-44(46(52)54-29-55-47)45(57-62)34-8-4-32(5-9-34)25-53-48(65)41-24-37(51)12-15-42(41)68-2/h4-15,23-24,29-31,39H,3,16-22,25-28H2,1-2H3,(H,53,65)(H2,52,54,55)(H,56,63,64). The molecule has 2 atom stereocenters. The zero-order chi connectivity index (χ0) is 47.5. The van der Waals surface area contributed by atoms with Crippen molar-refractivity contribution >= 4 is 52.6 Å². The Labute approximate surface area is 392 Å². The number of nitrogen functional groups attached to an aromatic ring is 1. The van der Waals surface area contributed by atoms with E-state index < -0.39 is 11.7 Å². The maximum atomic E-state index is 13.9. The third kappa shape index (κ3) is 9.44. The molecule has 4 N–H and O–H groups in total. The molecule has 350 valence electrons. The van der Waals surface area contributed by atoms with Gasteiger partial charge in [-0.1, -0.05) is 36.4 Å². The molecular formula is C50H52FN11O6. The Bertz CT molecular complexity index is 2880. The van der Waals surface area contributed by atoms with Crippen molar-refractivity contribution in [1.82, 2.24) is 45.1 Å². The largest absolute Gasteiger partial charge is 0.496 e. The van der Waals surface area contributed by atoms with E-state index in [0.717, 1.165) is 66.7 Å². The molecule has 2 unspecified atom stereocenters. The lowest BCUT2D eigenvalue weighted by atomic mass is 10.1. The van der Waals surface area contributed by atoms with Crippen molar-refractivity contribution in [1.29, 1.82) is 0 Å². The first-order valence-electron chi connectivity index (χ1n) is 22.7. The molecule has 5 amide bonds. The van der Waals surface area contributed by atoms with E-state index in [1.807, 2.05) is 77.2 Å². The van der Waals surface area contributed by atoms with E-state index in [0.29, 0.717) is 72.6 Å². The fourth-order valence-electron chi connectivity index (χ4n) is 9.37. The summed E-state index contributed by atoms with van der Waals surface area (Å²) in [5.41, 5.74) is 13.8. The maximum Gasteiger partial charge on any atom is 0.255 e. The van der Waals surface area contributed by atoms with Gasteiger partial charge in [-0.05, 0) is 85.0 Å². The fourth-order valence-corrected chi connectivity index (χ4v) is 9.37. The molecule has 0 bridgehead atoms. The van der Waals surface area contributed by atoms with E-state index in [-0.39, 0.29) is 54.1 Å². The van der Waals surface area contributed by atoms with Gasteiger partial charge in [-0.2, -0.15) is 5.10 Å². The maximum absolute atomic E-state index is 13.9. The van der Waals surface area contributed by atoms with Crippen LogP contribution < -0.4 is 26.0 Å². The normalized spacial score (nSPS) is 16.5. The van der Waals surface area contributed by atoms with Crippen molar-refractivity contribution in [2.24, 2.45) is 0 Å². The molecule has 6 aromatic rings. The summed E-state index contributed by atoms with van der Waals surface area (Å²) in [4.78, 5) is 79.4. The van der Waals surface area contributed by atoms with Crippen molar-refractivity contribution in [2.75, 3.05) is 57.0 Å². The first-order chi connectivity index (χ1) is 33.0. The summed E-state index contributed by atoms with van der Waals surface area (Å²) in [6.45, 7) is 7.77. The molecule has 5 heterocycles. The summed E-state index contributed by atoms with van der Waals surface area (Å²) in [6.07, 6.45) is 3.11. The van der Waals surface area contributed by atoms with Crippen LogP contribution in [-0.4, -0.2) is 117 Å². The third-order valence-electron chi connectivity index (χ3n) is 13.2. The van der Waals surface area contributed by atoms with Gasteiger partial charge in [0.15, 0.2) is 5.65 Å². The second kappa shape index (κ2) is 19.6. The summed E-state index contributed by atoms with van der Waals surface area (Å²) in [6, 6.07) is 24.9. The molecule has 9 rings (SSSR count). The van der Waals surface area contributed by atoms with Gasteiger partial charge in [-0.15, -0.1) is 0 Å². The van der Waals surface area contributed by atoms with Crippen LogP contribution in [0.2, 0.25) is 0 Å². The topological polar surface area (TPSA) is 201 Å². The number of likely N-dealkylation sites (tertiary alicyclic amines) is 1. The summed E-state index contributed by atoms with van der Waals surface area (Å²) in [5, 5.41) is 10.6. The Morgan fingerprint density at radius 2 is 1.71 bits per heavy atom. The molecule has 0 aliphatic carbocycles. The van der Waals surface area contributed by atoms with Crippen molar-refractivity contribution in [3.63, 3.8) is 0 Å². The van der Waals surface area contributed by atoms with Crippen LogP contribution in [0.25, 0.3) is 22.3 Å². The zero-order valence-corrected chi connectivity index (χ0v) is 37.9. The van der Waals surface area contributed by atoms with Crippen LogP contribution in [0.15, 0.2) is 91.3 Å². The number of ether oxygens (including phenoxy) is 1. The van der Waals surface area contributed by atoms with E-state index in [9.17, 15) is 28.4 Å². The molecule has 2 aromatic heterocycles. The zero-order valence-electron chi connectivity index (χ0n) is 37.9. The van der Waals surface area contributed by atoms with Crippen molar-refractivity contribution in [2.45, 2.75) is 57.9 Å². The van der Waals surface area contributed by atoms with Gasteiger partial charge >= 0.3 is 0 Å². The van der Waals surface area contributed by atoms with Gasteiger partial charge in [-0.3, -0.25) is 34.2 Å². The molecule has 2 saturated heterocycles. The van der Waals surface area contributed by atoms with Crippen LogP contribution in [0.4, 0.5) is 15.9 Å². The Morgan fingerprint density at radius 3 is 2.46 bits per heavy atom. The minimum atomic E-state index is -0.534. The molecule has 3 aliphatic heterocycles. The number of fused-ring (bicyclic) bond motifs is 2. The number of imide groups is 1. The van der Waals surface area contributed by atoms with E-state index in [1.165, 1.54) is 25.6 Å². The number of hydrogen-bond acceptors (Lipinski definition) is 12. The third-order valence-corrected chi connectivity index (χ3v) is 13.2. The van der Waals surface area contributed by atoms with Gasteiger partial charge in [0.2, 0.25) is 12.3 Å². The number of aromatic nitrogens is 4. The van der Waals surface area contributed by atoms with Crippen LogP contribution in [0.1, 0.15) is 80.0 Å². The van der Waals surface area contributed by atoms with Gasteiger partial charge < -0.3 is 30.5 Å². The summed E-state index contributed by atoms with van der Waals surface area (Å²) in [5.74, 6) is -0.859. The molecule has 4 aromatic carbocycles. The minimum Gasteiger partial charge on any atom is -0.496 e. The van der Waals surface area contributed by atoms with Gasteiger partial charge in [0.05, 0.1) is 24.1 Å². The Kier molecular flexibility index (Phi) is 13.1. The van der Waals surface area contributed by atoms with E-state index in [1.54, 1.807) is 4.90 Å². The molecule has 3 aliphatic rings. The Morgan fingerprint density at radius 1 is 0.941 bits per heavy atom. The average Bonchev–Trinajstić information content (AvgIpc) is 4.09. The second-order valence-electron chi connectivity index (χ2n) is 17.5. The Balaban J connectivity index is 0.779. The Hall–Kier alpha value is -7.73. The summed E-state index contributed by atoms with van der Waals surface area (Å²) < 4.78 is 20.9. The van der Waals surface area contributed by atoms with Gasteiger partial charge in [-0.25, -0.2) is 19.0 Å². The predicted molar refractivity (Wildman–Crippen MR) is 252 cm³/mol. The molecule has 0 spiro atoms. The van der Waals surface area contributed by atoms with Gasteiger partial charge in [0.1, 0.15) is 29.4 Å². The van der Waals surface area contributed by atoms with Crippen LogP contribution in [0.5, 0.6) is 5.75 Å². The number of anilines is 2. The lowest BCUT2D eigenvalue weighted by Gasteiger charge is -2.36. The van der Waals surface area contributed by atoms with Gasteiger partial charge in [0.25, 0.3) is 17.7 Å². The highest BCUT2D eigenvalue weighted by Gasteiger charge is 2.33. The number of rotatable bonds is 15. The lowest BCUT2D eigenvalue weighted by Crippen LogP contribution is -2.46. The smallest absolute Gasteiger partial charge is 0.255 e. The van der Waals surface area contributed by atoms with E-state index >= 15 is 0 Å². The fraction of sp³-hybridized carbons (Fsp3) is 0.320. The molecule has 17 nitrogen and oxygen atoms in total. The van der Waals surface area contributed by atoms with E-state index in [2.05, 4.69) is 36.5 Å². The highest BCUT2D eigenvalue weighted by atomic mass is 19.1. The summed E-state index contributed by atoms with van der Waals surface area (Å²) >= 11 is 0. The first-order valence-corrected chi connectivity index (χ1v) is 22.7. The molecule has 18 heteroatoms. The van der Waals surface area contributed by atoms with Crippen LogP contribution in [0, 0.1) is 5.82 Å². The molecule has 0 saturated carbocycles. The van der Waals surface area contributed by atoms with Crippen LogP contribution in [0.3, 0.4) is 0 Å². The molecular weight excluding hydrogens is 870 g/mol. The minimum absolute atomic E-state index is 0.0355. The number of hydrogen-bond donors (Lipinski definition) is 3. The first kappa shape index (κ1) is 45.4. The van der Waals surface area contributed by atoms with Crippen LogP contribution in [-0.2, 0) is 29.2 Å². The molecule has 68 heavy (non-hydrogen) atoms. The van der Waals surface area contributed by atoms with Gasteiger partial charge in [0, 0.05) is 93.7 Å². The number of carbonyl (C=O) groups excluding carboxylic acids is 5. The number of benzene rings is 4. The number of nitrogens with zero attached hydrogens (tertiary/aromatic N) is 8. The number of halogens is 1. The number of methoxy groups -OCH3 is 1. The molecule has 0 radical (unpaired) electrons. The van der Waals surface area contributed by atoms with Crippen molar-refractivity contribution < 1.29 is 33.1 Å². The summed E-state index contributed by atoms with van der Waals surface area (Å²) in [7, 11) is 1.43. The van der Waals surface area contributed by atoms with Crippen molar-refractivity contribution in [3.8, 4) is 17.0 Å². The number of piperazine rings is 1. The lowest BCUT2D eigenvalue weighted by molar-refractivity contribution is -0.125. The average molecular weight is 922 g/mol. The monoisotopic (exact) mass is 921 g/mol. The SMILES string of the molecule is COc1ccc(F)cc1C(=O)NCc1ccc(-c2nn(C3CCN(C(=O)c4ccc(CN5CCN(c6ccc7c(c6)CN(C(C)CCC(=O)NC=O)C7=O)CC5)cc4)C3)c3ncnc(N)c23)cc1. The highest BCUT2D eigenvalue weighted by molar-refractivity contribution is 6.00. The number of nitrogens with one attached hydrogen (secondary N) is 2. The highest BCUT2D eigenvalue weighted by Crippen LogP contribution is 2.35. The van der Waals surface area contributed by atoms with Crippen molar-refractivity contribution in [3.05, 3.63) is 130 Å². The number of carbonyl (C=O) groups is 5. The van der Waals surface area contributed by atoms with E-state index in [4.69, 9.17) is 15.6 Å². The quantitative estimate of drug-likeness (QED) is 0.117. The molecule has 2 fully saturated rings. The predicted octanol–water partition coefficient (Wildman–Crippen LogP) is 4.96. The second-order valence-corrected chi connectivity index (χ2v) is 17.5. The number of nitrogens with two attached hydrogens (primary N) is 1. The van der Waals surface area contributed by atoms with Crippen LogP contribution >= 0.6 is 0 Å². The number of amides is 5.